The smallest absolute Gasteiger partial charge is 0.433 e. The summed E-state index contributed by atoms with van der Waals surface area (Å²) < 4.78 is 43.8. The van der Waals surface area contributed by atoms with E-state index < -0.39 is 53.1 Å². The van der Waals surface area contributed by atoms with Gasteiger partial charge in [-0.3, -0.25) is 19.1 Å². The van der Waals surface area contributed by atoms with Gasteiger partial charge in [-0.15, -0.1) is 0 Å². The highest BCUT2D eigenvalue weighted by Gasteiger charge is 2.45. The minimum atomic E-state index is -4.91. The molecule has 0 atom stereocenters. The Morgan fingerprint density at radius 3 is 2.26 bits per heavy atom. The third kappa shape index (κ3) is 6.51. The molecule has 0 radical (unpaired) electrons. The fourth-order valence-corrected chi connectivity index (χ4v) is 5.24. The van der Waals surface area contributed by atoms with Gasteiger partial charge < -0.3 is 10.0 Å². The predicted molar refractivity (Wildman–Crippen MR) is 137 cm³/mol. The predicted octanol–water partition coefficient (Wildman–Crippen LogP) is 6.79. The molecule has 0 saturated heterocycles. The Hall–Kier alpha value is -2.59. The van der Waals surface area contributed by atoms with Crippen molar-refractivity contribution < 1.29 is 32.7 Å². The van der Waals surface area contributed by atoms with E-state index in [4.69, 9.17) is 23.2 Å². The molecule has 0 unspecified atom stereocenters. The van der Waals surface area contributed by atoms with E-state index in [1.165, 1.54) is 12.1 Å². The number of alkyl halides is 3. The summed E-state index contributed by atoms with van der Waals surface area (Å²) in [6.45, 7) is 4.87. The first-order chi connectivity index (χ1) is 17.7. The molecule has 38 heavy (non-hydrogen) atoms. The van der Waals surface area contributed by atoms with Crippen molar-refractivity contribution in [3.8, 4) is 0 Å². The van der Waals surface area contributed by atoms with Gasteiger partial charge in [-0.1, -0.05) is 43.1 Å². The molecule has 3 rings (SSSR count). The van der Waals surface area contributed by atoms with E-state index in [1.54, 1.807) is 13.0 Å². The summed E-state index contributed by atoms with van der Waals surface area (Å²) >= 11 is 12.3. The summed E-state index contributed by atoms with van der Waals surface area (Å²) in [5.74, 6) is -2.46. The maximum Gasteiger partial charge on any atom is 0.433 e. The number of carboxylic acids is 1. The van der Waals surface area contributed by atoms with Gasteiger partial charge in [0, 0.05) is 6.54 Å². The number of benzene rings is 1. The quantitative estimate of drug-likeness (QED) is 0.332. The third-order valence-corrected chi connectivity index (χ3v) is 7.68. The monoisotopic (exact) mass is 575 g/mol. The first-order valence-electron chi connectivity index (χ1n) is 12.3. The van der Waals surface area contributed by atoms with Gasteiger partial charge in [0.1, 0.15) is 0 Å². The highest BCUT2D eigenvalue weighted by Crippen LogP contribution is 2.43. The zero-order chi connectivity index (χ0) is 28.4. The lowest BCUT2D eigenvalue weighted by Gasteiger charge is -2.34. The van der Waals surface area contributed by atoms with Gasteiger partial charge in [-0.05, 0) is 57.1 Å². The van der Waals surface area contributed by atoms with Crippen LogP contribution in [0.3, 0.4) is 0 Å². The van der Waals surface area contributed by atoms with Crippen LogP contribution >= 0.6 is 23.2 Å². The van der Waals surface area contributed by atoms with Crippen LogP contribution < -0.4 is 0 Å². The second kappa shape index (κ2) is 11.7. The Kier molecular flexibility index (Phi) is 9.19. The number of nitrogens with zero attached hydrogens (tertiary/aromatic N) is 3. The van der Waals surface area contributed by atoms with Gasteiger partial charge in [0.05, 0.1) is 45.4 Å². The van der Waals surface area contributed by atoms with E-state index in [9.17, 15) is 32.7 Å². The summed E-state index contributed by atoms with van der Waals surface area (Å²) in [4.78, 5) is 39.2. The number of carbonyl (C=O) groups is 3. The Morgan fingerprint density at radius 1 is 1.18 bits per heavy atom. The molecule has 1 fully saturated rings. The van der Waals surface area contributed by atoms with Crippen LogP contribution in [0.25, 0.3) is 0 Å². The van der Waals surface area contributed by atoms with E-state index in [0.29, 0.717) is 6.42 Å². The molecule has 1 aliphatic carbocycles. The van der Waals surface area contributed by atoms with Crippen molar-refractivity contribution in [2.45, 2.75) is 65.1 Å². The number of rotatable bonds is 9. The minimum absolute atomic E-state index is 0.00592. The Bertz CT molecular complexity index is 1180. The van der Waals surface area contributed by atoms with Crippen LogP contribution in [0.1, 0.15) is 85.3 Å². The van der Waals surface area contributed by atoms with Crippen molar-refractivity contribution in [1.29, 1.82) is 0 Å². The number of carbonyl (C=O) groups excluding carboxylic acids is 2. The zero-order valence-electron chi connectivity index (χ0n) is 21.3. The minimum Gasteiger partial charge on any atom is -0.481 e. The maximum absolute atomic E-state index is 14.3. The van der Waals surface area contributed by atoms with Gasteiger partial charge in [-0.25, -0.2) is 0 Å². The number of carboxylic acid groups (broad SMARTS) is 1. The van der Waals surface area contributed by atoms with Crippen LogP contribution in [0.2, 0.25) is 10.0 Å². The number of halogens is 5. The molecule has 1 aromatic carbocycles. The largest absolute Gasteiger partial charge is 0.481 e. The topological polar surface area (TPSA) is 92.5 Å². The highest BCUT2D eigenvalue weighted by atomic mass is 35.5. The van der Waals surface area contributed by atoms with Crippen molar-refractivity contribution in [1.82, 2.24) is 14.7 Å². The molecular weight excluding hydrogens is 546 g/mol. The van der Waals surface area contributed by atoms with Crippen molar-refractivity contribution >= 4 is 40.9 Å². The molecule has 12 heteroatoms. The van der Waals surface area contributed by atoms with E-state index in [0.717, 1.165) is 15.8 Å². The molecule has 1 heterocycles. The van der Waals surface area contributed by atoms with Gasteiger partial charge in [0.15, 0.2) is 11.5 Å². The second-order valence-corrected chi connectivity index (χ2v) is 11.2. The zero-order valence-corrected chi connectivity index (χ0v) is 22.8. The molecule has 1 aliphatic rings. The van der Waals surface area contributed by atoms with E-state index >= 15 is 0 Å². The SMILES string of the molecule is CC(C)CCN(CC(=O)c1c(Cl)cccc1Cl)C(=O)c1cnn(C2CCC(C)(C(=O)O)CC2)c1C(F)(F)F. The molecule has 0 bridgehead atoms. The van der Waals surface area contributed by atoms with Gasteiger partial charge >= 0.3 is 12.1 Å². The summed E-state index contributed by atoms with van der Waals surface area (Å²) in [6, 6.07) is 3.77. The van der Waals surface area contributed by atoms with Crippen LogP contribution in [0.4, 0.5) is 13.2 Å². The second-order valence-electron chi connectivity index (χ2n) is 10.4. The third-order valence-electron chi connectivity index (χ3n) is 7.05. The fraction of sp³-hybridized carbons (Fsp3) is 0.538. The van der Waals surface area contributed by atoms with Crippen molar-refractivity contribution in [3.63, 3.8) is 0 Å². The van der Waals surface area contributed by atoms with Gasteiger partial charge in [-0.2, -0.15) is 18.3 Å². The number of hydrogen-bond donors (Lipinski definition) is 1. The first kappa shape index (κ1) is 30.0. The molecular formula is C26H30Cl2F3N3O4. The Balaban J connectivity index is 1.95. The summed E-state index contributed by atoms with van der Waals surface area (Å²) in [7, 11) is 0. The van der Waals surface area contributed by atoms with Crippen LogP contribution in [-0.4, -0.2) is 50.5 Å². The molecule has 7 nitrogen and oxygen atoms in total. The van der Waals surface area contributed by atoms with Crippen molar-refractivity contribution in [2.24, 2.45) is 11.3 Å². The lowest BCUT2D eigenvalue weighted by atomic mass is 9.74. The Morgan fingerprint density at radius 2 is 1.76 bits per heavy atom. The lowest BCUT2D eigenvalue weighted by molar-refractivity contribution is -0.152. The first-order valence-corrected chi connectivity index (χ1v) is 13.1. The molecule has 0 spiro atoms. The molecule has 1 amide bonds. The van der Waals surface area contributed by atoms with Crippen LogP contribution in [-0.2, 0) is 11.0 Å². The molecule has 2 aromatic rings. The molecule has 1 aromatic heterocycles. The normalized spacial score (nSPS) is 20.0. The molecule has 1 saturated carbocycles. The number of Topliss-reactive ketones (excluding diaryl/α,β-unsaturated/α-hetero) is 1. The van der Waals surface area contributed by atoms with E-state index in [2.05, 4.69) is 5.10 Å². The summed E-state index contributed by atoms with van der Waals surface area (Å²) in [5, 5.41) is 13.5. The van der Waals surface area contributed by atoms with Crippen LogP contribution in [0.15, 0.2) is 24.4 Å². The van der Waals surface area contributed by atoms with E-state index in [-0.39, 0.29) is 53.8 Å². The molecule has 1 N–H and O–H groups in total. The maximum atomic E-state index is 14.3. The number of amides is 1. The lowest BCUT2D eigenvalue weighted by Crippen LogP contribution is -2.38. The van der Waals surface area contributed by atoms with E-state index in [1.807, 2.05) is 13.8 Å². The summed E-state index contributed by atoms with van der Waals surface area (Å²) in [5.41, 5.74) is -2.89. The van der Waals surface area contributed by atoms with Crippen LogP contribution in [0.5, 0.6) is 0 Å². The van der Waals surface area contributed by atoms with Crippen molar-refractivity contribution in [3.05, 3.63) is 51.3 Å². The number of ketones is 1. The number of aromatic nitrogens is 2. The fourth-order valence-electron chi connectivity index (χ4n) is 4.63. The molecule has 0 aliphatic heterocycles. The van der Waals surface area contributed by atoms with Gasteiger partial charge in [0.2, 0.25) is 0 Å². The Labute approximate surface area is 228 Å². The highest BCUT2D eigenvalue weighted by molar-refractivity contribution is 6.40. The van der Waals surface area contributed by atoms with Crippen LogP contribution in [0, 0.1) is 11.3 Å². The molecule has 208 valence electrons. The summed E-state index contributed by atoms with van der Waals surface area (Å²) in [6.07, 6.45) is -2.88. The number of aliphatic carboxylic acids is 1. The average molecular weight is 576 g/mol. The van der Waals surface area contributed by atoms with Crippen molar-refractivity contribution in [2.75, 3.05) is 13.1 Å². The average Bonchev–Trinajstić information content (AvgIpc) is 3.27. The van der Waals surface area contributed by atoms with Gasteiger partial charge in [0.25, 0.3) is 5.91 Å². The standard InChI is InChI=1S/C26H30Cl2F3N3O4/c1-15(2)9-12-33(14-20(35)21-18(27)5-4-6-19(21)28)23(36)17-13-32-34(22(17)26(29,30)31)16-7-10-25(3,11-8-16)24(37)38/h4-6,13,15-16H,7-12,14H2,1-3H3,(H,37,38). The number of hydrogen-bond acceptors (Lipinski definition) is 4.